The third kappa shape index (κ3) is 10.5. The summed E-state index contributed by atoms with van der Waals surface area (Å²) in [5.41, 5.74) is 7.37. The fourth-order valence-electron chi connectivity index (χ4n) is 6.78. The van der Waals surface area contributed by atoms with E-state index >= 15 is 0 Å². The van der Waals surface area contributed by atoms with Gasteiger partial charge in [-0.15, -0.1) is 0 Å². The zero-order valence-electron chi connectivity index (χ0n) is 28.6. The Morgan fingerprint density at radius 2 is 1.54 bits per heavy atom. The van der Waals surface area contributed by atoms with Crippen LogP contribution >= 0.6 is 15.2 Å². The second kappa shape index (κ2) is 17.2. The summed E-state index contributed by atoms with van der Waals surface area (Å²) in [6, 6.07) is 15.5. The van der Waals surface area contributed by atoms with Crippen LogP contribution in [-0.4, -0.2) is 56.6 Å². The number of carbonyl (C=O) groups is 3. The van der Waals surface area contributed by atoms with E-state index in [1.54, 1.807) is 36.4 Å². The Kier molecular flexibility index (Phi) is 13.0. The van der Waals surface area contributed by atoms with Gasteiger partial charge in [-0.3, -0.25) is 23.5 Å². The van der Waals surface area contributed by atoms with Gasteiger partial charge in [0.15, 0.2) is 5.40 Å². The highest BCUT2D eigenvalue weighted by Gasteiger charge is 2.44. The van der Waals surface area contributed by atoms with E-state index in [0.29, 0.717) is 54.6 Å². The van der Waals surface area contributed by atoms with Gasteiger partial charge in [0.05, 0.1) is 31.2 Å². The summed E-state index contributed by atoms with van der Waals surface area (Å²) in [6.45, 7) is 0.801. The molecule has 2 atom stereocenters. The molecule has 16 heteroatoms. The van der Waals surface area contributed by atoms with Crippen molar-refractivity contribution in [1.82, 2.24) is 10.6 Å². The standard InChI is InChI=1S/C36H45N3O11P2/c37-34(41)28-20-27-29(12-7-17-49-31(27)21-32(28)50-22-25-10-5-2-6-11-25)39-35(42)30(38-33(40)19-23-8-3-1-4-9-23)18-24-13-15-26(16-14-24)36(51(43,44)45)52(46,47)48/h1,3-4,8-9,13-16,20-21,25,29-30,36H,2,5-7,10-12,17-19,22H2,(H2,37,41)(H,38,40)(H,39,42)(H2,43,44,45)(H2,46,47,48)/t29?,30-/m0/s1. The Hall–Kier alpha value is -4.03. The molecule has 3 aromatic rings. The highest BCUT2D eigenvalue weighted by Crippen LogP contribution is 2.69. The molecule has 8 N–H and O–H groups in total. The molecule has 280 valence electrons. The zero-order valence-corrected chi connectivity index (χ0v) is 30.3. The minimum atomic E-state index is -5.24. The molecule has 1 unspecified atom stereocenters. The maximum atomic E-state index is 14.0. The average Bonchev–Trinajstić information content (AvgIpc) is 3.28. The molecule has 52 heavy (non-hydrogen) atoms. The molecule has 0 bridgehead atoms. The van der Waals surface area contributed by atoms with Gasteiger partial charge in [0, 0.05) is 18.1 Å². The number of rotatable bonds is 14. The van der Waals surface area contributed by atoms with Gasteiger partial charge in [0.25, 0.3) is 5.91 Å². The normalized spacial score (nSPS) is 17.3. The Balaban J connectivity index is 1.39. The number of hydrogen-bond donors (Lipinski definition) is 7. The monoisotopic (exact) mass is 757 g/mol. The van der Waals surface area contributed by atoms with E-state index in [1.807, 2.05) is 6.07 Å². The van der Waals surface area contributed by atoms with Crippen LogP contribution in [0.2, 0.25) is 0 Å². The Morgan fingerprint density at radius 1 is 0.865 bits per heavy atom. The predicted molar refractivity (Wildman–Crippen MR) is 192 cm³/mol. The van der Waals surface area contributed by atoms with Crippen molar-refractivity contribution in [1.29, 1.82) is 0 Å². The number of primary amides is 1. The van der Waals surface area contributed by atoms with Gasteiger partial charge in [-0.05, 0) is 54.4 Å². The largest absolute Gasteiger partial charge is 0.493 e. The summed E-state index contributed by atoms with van der Waals surface area (Å²) in [5, 5.41) is 3.45. The molecule has 1 fully saturated rings. The van der Waals surface area contributed by atoms with Crippen molar-refractivity contribution in [3.63, 3.8) is 0 Å². The SMILES string of the molecule is NC(=O)c1cc2c(cc1OCC1CCCCC1)OCCCC2NC(=O)[C@H](Cc1ccc(C(P(=O)(O)O)P(=O)(O)O)cc1)NC(=O)Cc1ccccc1. The maximum Gasteiger partial charge on any atom is 0.345 e. The van der Waals surface area contributed by atoms with Crippen LogP contribution in [0.3, 0.4) is 0 Å². The van der Waals surface area contributed by atoms with Crippen molar-refractivity contribution in [2.45, 2.75) is 75.3 Å². The lowest BCUT2D eigenvalue weighted by Gasteiger charge is -2.25. The van der Waals surface area contributed by atoms with Gasteiger partial charge >= 0.3 is 15.2 Å². The molecule has 2 aliphatic rings. The molecule has 1 aliphatic carbocycles. The lowest BCUT2D eigenvalue weighted by molar-refractivity contribution is -0.129. The second-order valence-electron chi connectivity index (χ2n) is 13.4. The molecule has 3 aromatic carbocycles. The molecule has 1 saturated carbocycles. The van der Waals surface area contributed by atoms with Gasteiger partial charge in [0.2, 0.25) is 11.8 Å². The van der Waals surface area contributed by atoms with Gasteiger partial charge in [0.1, 0.15) is 17.5 Å². The first-order valence-electron chi connectivity index (χ1n) is 17.3. The minimum absolute atomic E-state index is 0.0124. The molecule has 0 aromatic heterocycles. The molecule has 0 spiro atoms. The van der Waals surface area contributed by atoms with E-state index in [-0.39, 0.29) is 24.0 Å². The van der Waals surface area contributed by atoms with E-state index in [9.17, 15) is 43.1 Å². The second-order valence-corrected chi connectivity index (χ2v) is 17.2. The highest BCUT2D eigenvalue weighted by atomic mass is 31.2. The Bertz CT molecular complexity index is 1800. The van der Waals surface area contributed by atoms with Crippen LogP contribution in [0.4, 0.5) is 0 Å². The van der Waals surface area contributed by atoms with Gasteiger partial charge in [-0.2, -0.15) is 0 Å². The van der Waals surface area contributed by atoms with Crippen LogP contribution < -0.4 is 25.8 Å². The zero-order chi connectivity index (χ0) is 37.5. The number of amides is 3. The number of hydrogen-bond acceptors (Lipinski definition) is 7. The lowest BCUT2D eigenvalue weighted by atomic mass is 9.90. The summed E-state index contributed by atoms with van der Waals surface area (Å²) in [5.74, 6) is -0.541. The number of carbonyl (C=O) groups excluding carboxylic acids is 3. The molecule has 0 radical (unpaired) electrons. The maximum absolute atomic E-state index is 14.0. The molecule has 14 nitrogen and oxygen atoms in total. The molecular weight excluding hydrogens is 712 g/mol. The lowest BCUT2D eigenvalue weighted by Crippen LogP contribution is -2.49. The van der Waals surface area contributed by atoms with Crippen LogP contribution in [0.1, 0.15) is 89.0 Å². The number of benzene rings is 3. The first-order valence-corrected chi connectivity index (χ1v) is 20.6. The molecular formula is C36H45N3O11P2. The first kappa shape index (κ1) is 39.2. The first-order chi connectivity index (χ1) is 24.7. The van der Waals surface area contributed by atoms with Gasteiger partial charge in [-0.25, -0.2) is 0 Å². The number of fused-ring (bicyclic) bond motifs is 1. The summed E-state index contributed by atoms with van der Waals surface area (Å²) < 4.78 is 36.0. The third-order valence-corrected chi connectivity index (χ3v) is 13.1. The van der Waals surface area contributed by atoms with E-state index < -0.39 is 50.4 Å². The highest BCUT2D eigenvalue weighted by molar-refractivity contribution is 7.70. The quantitative estimate of drug-likeness (QED) is 0.114. The van der Waals surface area contributed by atoms with Gasteiger partial charge < -0.3 is 45.4 Å². The van der Waals surface area contributed by atoms with Crippen molar-refractivity contribution >= 4 is 32.9 Å². The Labute approximate surface area is 301 Å². The van der Waals surface area contributed by atoms with Crippen LogP contribution in [0.5, 0.6) is 11.5 Å². The van der Waals surface area contributed by atoms with Crippen molar-refractivity contribution in [3.8, 4) is 11.5 Å². The van der Waals surface area contributed by atoms with Gasteiger partial charge in [-0.1, -0.05) is 73.9 Å². The van der Waals surface area contributed by atoms with Crippen molar-refractivity contribution in [3.05, 3.63) is 94.5 Å². The summed E-state index contributed by atoms with van der Waals surface area (Å²) in [7, 11) is -10.5. The van der Waals surface area contributed by atoms with Crippen molar-refractivity contribution in [2.75, 3.05) is 13.2 Å². The predicted octanol–water partition coefficient (Wildman–Crippen LogP) is 4.40. The molecule has 5 rings (SSSR count). The van der Waals surface area contributed by atoms with Crippen LogP contribution in [-0.2, 0) is 31.6 Å². The molecule has 1 heterocycles. The fourth-order valence-corrected chi connectivity index (χ4v) is 9.47. The minimum Gasteiger partial charge on any atom is -0.493 e. The third-order valence-electron chi connectivity index (χ3n) is 9.38. The van der Waals surface area contributed by atoms with Crippen LogP contribution in [0.25, 0.3) is 0 Å². The number of nitrogens with one attached hydrogen (secondary N) is 2. The smallest absolute Gasteiger partial charge is 0.345 e. The molecule has 1 aliphatic heterocycles. The van der Waals surface area contributed by atoms with E-state index in [0.717, 1.165) is 31.2 Å². The molecule has 3 amide bonds. The topological polar surface area (TPSA) is 235 Å². The number of ether oxygens (including phenoxy) is 2. The Morgan fingerprint density at radius 3 is 2.17 bits per heavy atom. The van der Waals surface area contributed by atoms with E-state index in [2.05, 4.69) is 10.6 Å². The van der Waals surface area contributed by atoms with Crippen molar-refractivity contribution < 1.29 is 52.6 Å². The van der Waals surface area contributed by atoms with Crippen LogP contribution in [0, 0.1) is 5.92 Å². The summed E-state index contributed by atoms with van der Waals surface area (Å²) >= 11 is 0. The summed E-state index contributed by atoms with van der Waals surface area (Å²) in [6.07, 6.45) is 6.51. The molecule has 0 saturated heterocycles. The fraction of sp³-hybridized carbons (Fsp3) is 0.417. The summed E-state index contributed by atoms with van der Waals surface area (Å²) in [4.78, 5) is 78.4. The average molecular weight is 758 g/mol. The van der Waals surface area contributed by atoms with Crippen molar-refractivity contribution in [2.24, 2.45) is 11.7 Å². The van der Waals surface area contributed by atoms with Crippen LogP contribution in [0.15, 0.2) is 66.7 Å². The van der Waals surface area contributed by atoms with E-state index in [1.165, 1.54) is 30.7 Å². The van der Waals surface area contributed by atoms with E-state index in [4.69, 9.17) is 15.2 Å². The number of nitrogens with two attached hydrogens (primary N) is 1.